The molecule has 0 bridgehead atoms. The molecule has 0 unspecified atom stereocenters. The molecule has 0 fully saturated rings. The molecule has 0 spiro atoms. The van der Waals surface area contributed by atoms with Crippen molar-refractivity contribution in [2.45, 2.75) is 24.0 Å². The second kappa shape index (κ2) is 7.65. The standard InChI is InChI=1S/C15H18N4O2S/c1-10(2)22-12-7-5-4-6-11(12)14(20)18-19-15-16-9-8-13(17-15)21-3/h4-10H,1-3H3,(H,18,20)(H,16,17,19). The van der Waals surface area contributed by atoms with Crippen molar-refractivity contribution in [1.82, 2.24) is 15.4 Å². The monoisotopic (exact) mass is 318 g/mol. The summed E-state index contributed by atoms with van der Waals surface area (Å²) in [5.74, 6) is 0.444. The van der Waals surface area contributed by atoms with Crippen LogP contribution in [0.1, 0.15) is 24.2 Å². The minimum absolute atomic E-state index is 0.241. The van der Waals surface area contributed by atoms with Gasteiger partial charge in [0.15, 0.2) is 0 Å². The highest BCUT2D eigenvalue weighted by Gasteiger charge is 2.12. The molecule has 1 aromatic heterocycles. The first-order chi connectivity index (χ1) is 10.6. The van der Waals surface area contributed by atoms with Crippen LogP contribution in [0.3, 0.4) is 0 Å². The molecule has 116 valence electrons. The topological polar surface area (TPSA) is 76.1 Å². The molecule has 0 atom stereocenters. The number of nitrogens with one attached hydrogen (secondary N) is 2. The number of hydrogen-bond donors (Lipinski definition) is 2. The highest BCUT2D eigenvalue weighted by atomic mass is 32.2. The van der Waals surface area contributed by atoms with Crippen molar-refractivity contribution in [2.75, 3.05) is 12.5 Å². The number of aromatic nitrogens is 2. The summed E-state index contributed by atoms with van der Waals surface area (Å²) in [7, 11) is 1.52. The van der Waals surface area contributed by atoms with Crippen LogP contribution in [0.4, 0.5) is 5.95 Å². The normalized spacial score (nSPS) is 10.4. The van der Waals surface area contributed by atoms with E-state index in [0.717, 1.165) is 4.90 Å². The molecule has 1 amide bonds. The van der Waals surface area contributed by atoms with E-state index in [9.17, 15) is 4.79 Å². The van der Waals surface area contributed by atoms with Crippen molar-refractivity contribution in [1.29, 1.82) is 0 Å². The summed E-state index contributed by atoms with van der Waals surface area (Å²) >= 11 is 1.64. The van der Waals surface area contributed by atoms with Gasteiger partial charge in [0.2, 0.25) is 11.8 Å². The number of rotatable bonds is 6. The zero-order valence-electron chi connectivity index (χ0n) is 12.7. The largest absolute Gasteiger partial charge is 0.481 e. The van der Waals surface area contributed by atoms with E-state index in [0.29, 0.717) is 16.7 Å². The maximum Gasteiger partial charge on any atom is 0.270 e. The first kappa shape index (κ1) is 16.1. The predicted octanol–water partition coefficient (Wildman–Crippen LogP) is 2.74. The van der Waals surface area contributed by atoms with Crippen LogP contribution in [-0.4, -0.2) is 28.2 Å². The maximum absolute atomic E-state index is 12.3. The lowest BCUT2D eigenvalue weighted by Crippen LogP contribution is -2.30. The lowest BCUT2D eigenvalue weighted by Gasteiger charge is -2.12. The van der Waals surface area contributed by atoms with Gasteiger partial charge in [-0.05, 0) is 12.1 Å². The number of amides is 1. The second-order valence-corrected chi connectivity index (χ2v) is 6.28. The van der Waals surface area contributed by atoms with Gasteiger partial charge in [0.25, 0.3) is 5.91 Å². The summed E-state index contributed by atoms with van der Waals surface area (Å²) in [4.78, 5) is 21.3. The van der Waals surface area contributed by atoms with Crippen LogP contribution in [0.25, 0.3) is 0 Å². The van der Waals surface area contributed by atoms with E-state index in [4.69, 9.17) is 4.74 Å². The molecule has 0 saturated carbocycles. The van der Waals surface area contributed by atoms with Gasteiger partial charge in [-0.15, -0.1) is 11.8 Å². The fraction of sp³-hybridized carbons (Fsp3) is 0.267. The van der Waals surface area contributed by atoms with Crippen LogP contribution in [0.15, 0.2) is 41.4 Å². The van der Waals surface area contributed by atoms with Crippen LogP contribution >= 0.6 is 11.8 Å². The van der Waals surface area contributed by atoms with Crippen molar-refractivity contribution in [2.24, 2.45) is 0 Å². The molecule has 7 heteroatoms. The smallest absolute Gasteiger partial charge is 0.270 e. The third-order valence-corrected chi connectivity index (χ3v) is 3.70. The minimum atomic E-state index is -0.241. The number of anilines is 1. The van der Waals surface area contributed by atoms with Crippen LogP contribution in [0, 0.1) is 0 Å². The van der Waals surface area contributed by atoms with Crippen LogP contribution in [-0.2, 0) is 0 Å². The maximum atomic E-state index is 12.3. The Kier molecular flexibility index (Phi) is 5.60. The Morgan fingerprint density at radius 3 is 2.77 bits per heavy atom. The van der Waals surface area contributed by atoms with Gasteiger partial charge in [-0.1, -0.05) is 26.0 Å². The summed E-state index contributed by atoms with van der Waals surface area (Å²) in [6.07, 6.45) is 1.54. The Morgan fingerprint density at radius 1 is 1.27 bits per heavy atom. The molecule has 0 saturated heterocycles. The van der Waals surface area contributed by atoms with Crippen LogP contribution < -0.4 is 15.6 Å². The van der Waals surface area contributed by atoms with E-state index in [1.165, 1.54) is 7.11 Å². The Balaban J connectivity index is 2.06. The van der Waals surface area contributed by atoms with Gasteiger partial charge >= 0.3 is 0 Å². The first-order valence-electron chi connectivity index (χ1n) is 6.79. The Hall–Kier alpha value is -2.28. The minimum Gasteiger partial charge on any atom is -0.481 e. The average molecular weight is 318 g/mol. The van der Waals surface area contributed by atoms with Crippen molar-refractivity contribution in [3.63, 3.8) is 0 Å². The van der Waals surface area contributed by atoms with Crippen molar-refractivity contribution >= 4 is 23.6 Å². The Bertz CT molecular complexity index is 649. The summed E-state index contributed by atoms with van der Waals surface area (Å²) < 4.78 is 5.00. The number of thioether (sulfide) groups is 1. The van der Waals surface area contributed by atoms with Gasteiger partial charge in [-0.25, -0.2) is 4.98 Å². The average Bonchev–Trinajstić information content (AvgIpc) is 2.53. The molecular weight excluding hydrogens is 300 g/mol. The number of benzene rings is 1. The molecule has 0 aliphatic rings. The zero-order chi connectivity index (χ0) is 15.9. The molecule has 2 aromatic rings. The SMILES string of the molecule is COc1ccnc(NNC(=O)c2ccccc2SC(C)C)n1. The molecule has 1 heterocycles. The van der Waals surface area contributed by atoms with Crippen molar-refractivity contribution in [3.05, 3.63) is 42.1 Å². The van der Waals surface area contributed by atoms with E-state index < -0.39 is 0 Å². The zero-order valence-corrected chi connectivity index (χ0v) is 13.5. The highest BCUT2D eigenvalue weighted by molar-refractivity contribution is 8.00. The summed E-state index contributed by atoms with van der Waals surface area (Å²) in [6, 6.07) is 9.10. The molecule has 1 aromatic carbocycles. The van der Waals surface area contributed by atoms with E-state index in [-0.39, 0.29) is 11.9 Å². The summed E-state index contributed by atoms with van der Waals surface area (Å²) in [5.41, 5.74) is 5.89. The molecule has 2 N–H and O–H groups in total. The molecule has 2 rings (SSSR count). The second-order valence-electron chi connectivity index (χ2n) is 4.66. The van der Waals surface area contributed by atoms with E-state index in [2.05, 4.69) is 34.7 Å². The Morgan fingerprint density at radius 2 is 2.05 bits per heavy atom. The van der Waals surface area contributed by atoms with Crippen molar-refractivity contribution < 1.29 is 9.53 Å². The quantitative estimate of drug-likeness (QED) is 0.630. The third-order valence-electron chi connectivity index (χ3n) is 2.62. The van der Waals surface area contributed by atoms with Gasteiger partial charge in [-0.3, -0.25) is 15.6 Å². The van der Waals surface area contributed by atoms with Gasteiger partial charge < -0.3 is 4.74 Å². The van der Waals surface area contributed by atoms with E-state index in [1.807, 2.05) is 18.2 Å². The van der Waals surface area contributed by atoms with Crippen LogP contribution in [0.2, 0.25) is 0 Å². The lowest BCUT2D eigenvalue weighted by atomic mass is 10.2. The molecule has 22 heavy (non-hydrogen) atoms. The third kappa shape index (κ3) is 4.36. The number of nitrogens with zero attached hydrogens (tertiary/aromatic N) is 2. The highest BCUT2D eigenvalue weighted by Crippen LogP contribution is 2.26. The van der Waals surface area contributed by atoms with Gasteiger partial charge in [0.05, 0.1) is 12.7 Å². The number of ether oxygens (including phenoxy) is 1. The number of carbonyl (C=O) groups excluding carboxylic acids is 1. The molecule has 0 aliphatic carbocycles. The Labute approximate surface area is 133 Å². The van der Waals surface area contributed by atoms with E-state index in [1.54, 1.807) is 30.1 Å². The van der Waals surface area contributed by atoms with Gasteiger partial charge in [0, 0.05) is 22.4 Å². The summed E-state index contributed by atoms with van der Waals surface area (Å²) in [6.45, 7) is 4.17. The van der Waals surface area contributed by atoms with Gasteiger partial charge in [-0.2, -0.15) is 4.98 Å². The number of hydrazine groups is 1. The fourth-order valence-corrected chi connectivity index (χ4v) is 2.66. The predicted molar refractivity (Wildman–Crippen MR) is 87.1 cm³/mol. The number of hydrogen-bond acceptors (Lipinski definition) is 6. The first-order valence-corrected chi connectivity index (χ1v) is 7.67. The van der Waals surface area contributed by atoms with E-state index >= 15 is 0 Å². The molecule has 0 aliphatic heterocycles. The fourth-order valence-electron chi connectivity index (χ4n) is 1.71. The molecule has 6 nitrogen and oxygen atoms in total. The van der Waals surface area contributed by atoms with Crippen molar-refractivity contribution in [3.8, 4) is 5.88 Å². The molecule has 0 radical (unpaired) electrons. The number of carbonyl (C=O) groups is 1. The summed E-state index contributed by atoms with van der Waals surface area (Å²) in [5, 5.41) is 0.392. The molecular formula is C15H18N4O2S. The van der Waals surface area contributed by atoms with Gasteiger partial charge in [0.1, 0.15) is 0 Å². The number of methoxy groups -OCH3 is 1. The lowest BCUT2D eigenvalue weighted by molar-refractivity contribution is 0.0959. The van der Waals surface area contributed by atoms with Crippen LogP contribution in [0.5, 0.6) is 5.88 Å².